The Hall–Kier alpha value is -2.28. The van der Waals surface area contributed by atoms with E-state index in [2.05, 4.69) is 20.7 Å². The van der Waals surface area contributed by atoms with Crippen molar-refractivity contribution >= 4 is 17.3 Å². The first kappa shape index (κ1) is 12.2. The fourth-order valence-corrected chi connectivity index (χ4v) is 1.44. The van der Waals surface area contributed by atoms with Gasteiger partial charge in [0.2, 0.25) is 0 Å². The fraction of sp³-hybridized carbons (Fsp3) is 0.0909. The molecule has 0 fully saturated rings. The molecular formula is C11H11F2N5. The van der Waals surface area contributed by atoms with Crippen molar-refractivity contribution in [2.75, 3.05) is 10.7 Å². The number of anilines is 3. The van der Waals surface area contributed by atoms with Crippen LogP contribution in [-0.2, 0) is 0 Å². The van der Waals surface area contributed by atoms with E-state index in [1.807, 2.05) is 0 Å². The van der Waals surface area contributed by atoms with E-state index in [1.54, 1.807) is 6.92 Å². The van der Waals surface area contributed by atoms with Gasteiger partial charge < -0.3 is 10.7 Å². The van der Waals surface area contributed by atoms with Crippen LogP contribution in [0.4, 0.5) is 26.1 Å². The summed E-state index contributed by atoms with van der Waals surface area (Å²) >= 11 is 0. The smallest absolute Gasteiger partial charge is 0.149 e. The van der Waals surface area contributed by atoms with Gasteiger partial charge in [0.15, 0.2) is 0 Å². The van der Waals surface area contributed by atoms with E-state index in [1.165, 1.54) is 12.4 Å². The topological polar surface area (TPSA) is 75.9 Å². The second-order valence-corrected chi connectivity index (χ2v) is 3.59. The molecule has 0 aliphatic heterocycles. The zero-order valence-corrected chi connectivity index (χ0v) is 9.54. The summed E-state index contributed by atoms with van der Waals surface area (Å²) in [6.07, 6.45) is 1.28. The molecule has 0 radical (unpaired) electrons. The lowest BCUT2D eigenvalue weighted by Gasteiger charge is -2.11. The molecule has 0 saturated heterocycles. The van der Waals surface area contributed by atoms with Gasteiger partial charge >= 0.3 is 0 Å². The normalized spacial score (nSPS) is 10.2. The third-order valence-corrected chi connectivity index (χ3v) is 2.41. The van der Waals surface area contributed by atoms with Crippen LogP contribution in [0.5, 0.6) is 0 Å². The molecule has 1 aromatic heterocycles. The Morgan fingerprint density at radius 1 is 1.17 bits per heavy atom. The maximum absolute atomic E-state index is 13.5. The van der Waals surface area contributed by atoms with Gasteiger partial charge in [-0.15, -0.1) is 0 Å². The Balaban J connectivity index is 2.34. The first-order valence-electron chi connectivity index (χ1n) is 5.12. The maximum atomic E-state index is 13.5. The molecule has 2 rings (SSSR count). The van der Waals surface area contributed by atoms with Crippen molar-refractivity contribution in [1.29, 1.82) is 0 Å². The van der Waals surface area contributed by atoms with Gasteiger partial charge in [-0.2, -0.15) is 0 Å². The Labute approximate surface area is 102 Å². The fourth-order valence-electron chi connectivity index (χ4n) is 1.44. The molecule has 0 aliphatic carbocycles. The monoisotopic (exact) mass is 251 g/mol. The summed E-state index contributed by atoms with van der Waals surface area (Å²) in [5.41, 5.74) is 3.15. The van der Waals surface area contributed by atoms with Crippen LogP contribution in [0, 0.1) is 18.6 Å². The molecule has 7 heteroatoms. The highest BCUT2D eigenvalue weighted by Gasteiger charge is 2.09. The van der Waals surface area contributed by atoms with Crippen molar-refractivity contribution in [3.8, 4) is 0 Å². The second kappa shape index (κ2) is 4.92. The van der Waals surface area contributed by atoms with Crippen molar-refractivity contribution in [3.63, 3.8) is 0 Å². The lowest BCUT2D eigenvalue weighted by atomic mass is 10.2. The molecular weight excluding hydrogens is 240 g/mol. The van der Waals surface area contributed by atoms with Gasteiger partial charge in [0, 0.05) is 11.6 Å². The molecule has 18 heavy (non-hydrogen) atoms. The molecule has 0 unspecified atom stereocenters. The predicted octanol–water partition coefficient (Wildman–Crippen LogP) is 2.09. The van der Waals surface area contributed by atoms with E-state index in [4.69, 9.17) is 5.84 Å². The maximum Gasteiger partial charge on any atom is 0.149 e. The van der Waals surface area contributed by atoms with E-state index in [0.29, 0.717) is 17.2 Å². The van der Waals surface area contributed by atoms with Crippen molar-refractivity contribution in [3.05, 3.63) is 41.7 Å². The van der Waals surface area contributed by atoms with Gasteiger partial charge in [-0.3, -0.25) is 0 Å². The zero-order valence-electron chi connectivity index (χ0n) is 9.54. The van der Waals surface area contributed by atoms with Gasteiger partial charge in [-0.05, 0) is 19.1 Å². The molecule has 5 nitrogen and oxygen atoms in total. The molecule has 0 bridgehead atoms. The minimum atomic E-state index is -0.699. The molecule has 0 amide bonds. The molecule has 1 heterocycles. The number of rotatable bonds is 3. The van der Waals surface area contributed by atoms with Crippen molar-refractivity contribution in [2.45, 2.75) is 6.92 Å². The minimum Gasteiger partial charge on any atom is -0.337 e. The van der Waals surface area contributed by atoms with E-state index in [9.17, 15) is 8.78 Å². The molecule has 2 aromatic rings. The minimum absolute atomic E-state index is 0.126. The Bertz CT molecular complexity index is 573. The van der Waals surface area contributed by atoms with E-state index < -0.39 is 11.6 Å². The number of hydrazine groups is 1. The molecule has 0 saturated carbocycles. The van der Waals surface area contributed by atoms with Crippen molar-refractivity contribution in [2.24, 2.45) is 5.84 Å². The Kier molecular flexibility index (Phi) is 3.33. The van der Waals surface area contributed by atoms with E-state index >= 15 is 0 Å². The van der Waals surface area contributed by atoms with Crippen LogP contribution in [0.1, 0.15) is 5.56 Å². The number of hydrogen-bond acceptors (Lipinski definition) is 5. The molecule has 0 aliphatic rings. The lowest BCUT2D eigenvalue weighted by molar-refractivity contribution is 0.586. The van der Waals surface area contributed by atoms with Gasteiger partial charge in [0.1, 0.15) is 29.6 Å². The highest BCUT2D eigenvalue weighted by Crippen LogP contribution is 2.23. The first-order valence-corrected chi connectivity index (χ1v) is 5.12. The molecule has 94 valence electrons. The largest absolute Gasteiger partial charge is 0.337 e. The van der Waals surface area contributed by atoms with Gasteiger partial charge in [-0.1, -0.05) is 0 Å². The zero-order chi connectivity index (χ0) is 13.1. The van der Waals surface area contributed by atoms with Crippen LogP contribution in [0.2, 0.25) is 0 Å². The molecule has 4 N–H and O–H groups in total. The second-order valence-electron chi connectivity index (χ2n) is 3.59. The van der Waals surface area contributed by atoms with Crippen LogP contribution >= 0.6 is 0 Å². The summed E-state index contributed by atoms with van der Waals surface area (Å²) in [6, 6.07) is 3.24. The summed E-state index contributed by atoms with van der Waals surface area (Å²) in [4.78, 5) is 7.86. The highest BCUT2D eigenvalue weighted by molar-refractivity contribution is 5.64. The average Bonchev–Trinajstić information content (AvgIpc) is 2.35. The van der Waals surface area contributed by atoms with Gasteiger partial charge in [0.05, 0.1) is 5.69 Å². The summed E-state index contributed by atoms with van der Waals surface area (Å²) in [5, 5.41) is 2.75. The number of benzene rings is 1. The SMILES string of the molecule is Cc1c(NN)ncnc1Nc1ccc(F)cc1F. The number of nitrogens with two attached hydrogens (primary N) is 1. The van der Waals surface area contributed by atoms with Crippen LogP contribution in [0.25, 0.3) is 0 Å². The summed E-state index contributed by atoms with van der Waals surface area (Å²) in [7, 11) is 0. The summed E-state index contributed by atoms with van der Waals surface area (Å²) in [6.45, 7) is 1.72. The summed E-state index contributed by atoms with van der Waals surface area (Å²) in [5.74, 6) is 4.75. The average molecular weight is 251 g/mol. The number of nitrogens with one attached hydrogen (secondary N) is 2. The van der Waals surface area contributed by atoms with Crippen LogP contribution in [-0.4, -0.2) is 9.97 Å². The van der Waals surface area contributed by atoms with Crippen LogP contribution < -0.4 is 16.6 Å². The number of aromatic nitrogens is 2. The number of hydrogen-bond donors (Lipinski definition) is 3. The number of nitrogen functional groups attached to an aromatic ring is 1. The van der Waals surface area contributed by atoms with E-state index in [0.717, 1.165) is 12.1 Å². The Morgan fingerprint density at radius 2 is 1.89 bits per heavy atom. The Morgan fingerprint density at radius 3 is 2.56 bits per heavy atom. The third-order valence-electron chi connectivity index (χ3n) is 2.41. The van der Waals surface area contributed by atoms with E-state index in [-0.39, 0.29) is 5.69 Å². The van der Waals surface area contributed by atoms with Crippen LogP contribution in [0.15, 0.2) is 24.5 Å². The predicted molar refractivity (Wildman–Crippen MR) is 64.2 cm³/mol. The highest BCUT2D eigenvalue weighted by atomic mass is 19.1. The van der Waals surface area contributed by atoms with Crippen LogP contribution in [0.3, 0.4) is 0 Å². The van der Waals surface area contributed by atoms with Crippen molar-refractivity contribution in [1.82, 2.24) is 9.97 Å². The molecule has 0 spiro atoms. The lowest BCUT2D eigenvalue weighted by Crippen LogP contribution is -2.11. The first-order chi connectivity index (χ1) is 8.61. The quantitative estimate of drug-likeness (QED) is 0.575. The van der Waals surface area contributed by atoms with Gasteiger partial charge in [0.25, 0.3) is 0 Å². The standard InChI is InChI=1S/C11H11F2N5/c1-6-10(15-5-16-11(6)18-14)17-9-3-2-7(12)4-8(9)13/h2-5H,14H2,1H3,(H2,15,16,17,18). The number of halogens is 2. The summed E-state index contributed by atoms with van der Waals surface area (Å²) < 4.78 is 26.2. The van der Waals surface area contributed by atoms with Crippen molar-refractivity contribution < 1.29 is 8.78 Å². The number of nitrogens with zero attached hydrogens (tertiary/aromatic N) is 2. The van der Waals surface area contributed by atoms with Gasteiger partial charge in [-0.25, -0.2) is 24.6 Å². The molecule has 1 aromatic carbocycles. The third kappa shape index (κ3) is 2.35. The molecule has 0 atom stereocenters.